The molecule has 0 unspecified atom stereocenters. The van der Waals surface area contributed by atoms with E-state index in [1.54, 1.807) is 0 Å². The molecule has 0 bridgehead atoms. The first-order valence-electron chi connectivity index (χ1n) is 8.88. The van der Waals surface area contributed by atoms with Gasteiger partial charge in [-0.3, -0.25) is 0 Å². The van der Waals surface area contributed by atoms with Gasteiger partial charge in [0.15, 0.2) is 17.5 Å². The molecule has 0 saturated heterocycles. The summed E-state index contributed by atoms with van der Waals surface area (Å²) in [6.45, 7) is 2.36. The third-order valence-electron chi connectivity index (χ3n) is 3.99. The lowest BCUT2D eigenvalue weighted by Gasteiger charge is -2.06. The lowest BCUT2D eigenvalue weighted by molar-refractivity contribution is 0.0491. The highest BCUT2D eigenvalue weighted by Crippen LogP contribution is 2.16. The maximum Gasteiger partial charge on any atom is 0.341 e. The Kier molecular flexibility index (Phi) is 10.2. The van der Waals surface area contributed by atoms with Crippen LogP contribution in [-0.2, 0) is 4.74 Å². The van der Waals surface area contributed by atoms with Gasteiger partial charge in [0, 0.05) is 0 Å². The molecule has 0 spiro atoms. The van der Waals surface area contributed by atoms with Gasteiger partial charge in [0.05, 0.1) is 12.2 Å². The zero-order chi connectivity index (χ0) is 17.8. The molecule has 0 atom stereocenters. The van der Waals surface area contributed by atoms with Crippen LogP contribution < -0.4 is 0 Å². The lowest BCUT2D eigenvalue weighted by Crippen LogP contribution is -2.10. The molecule has 1 rings (SSSR count). The van der Waals surface area contributed by atoms with Crippen molar-refractivity contribution in [1.82, 2.24) is 0 Å². The van der Waals surface area contributed by atoms with Crippen molar-refractivity contribution < 1.29 is 22.7 Å². The summed E-state index contributed by atoms with van der Waals surface area (Å²) in [6.07, 6.45) is 11.5. The van der Waals surface area contributed by atoms with E-state index in [-0.39, 0.29) is 6.61 Å². The molecule has 0 saturated carbocycles. The smallest absolute Gasteiger partial charge is 0.341 e. The SMILES string of the molecule is CCCCCCCCCCCCOC(=O)c1ccc(F)c(F)c1F. The van der Waals surface area contributed by atoms with E-state index < -0.39 is 29.0 Å². The van der Waals surface area contributed by atoms with E-state index in [1.165, 1.54) is 38.5 Å². The molecule has 24 heavy (non-hydrogen) atoms. The van der Waals surface area contributed by atoms with Crippen molar-refractivity contribution in [2.45, 2.75) is 71.1 Å². The van der Waals surface area contributed by atoms with Crippen LogP contribution in [-0.4, -0.2) is 12.6 Å². The molecule has 1 aromatic carbocycles. The zero-order valence-electron chi connectivity index (χ0n) is 14.4. The van der Waals surface area contributed by atoms with Gasteiger partial charge in [0.1, 0.15) is 0 Å². The average molecular weight is 344 g/mol. The Morgan fingerprint density at radius 2 is 1.38 bits per heavy atom. The minimum atomic E-state index is -1.65. The van der Waals surface area contributed by atoms with Crippen molar-refractivity contribution in [3.8, 4) is 0 Å². The highest BCUT2D eigenvalue weighted by molar-refractivity contribution is 5.89. The molecule has 0 aliphatic heterocycles. The van der Waals surface area contributed by atoms with Crippen LogP contribution in [0.4, 0.5) is 13.2 Å². The summed E-state index contributed by atoms with van der Waals surface area (Å²) in [5, 5.41) is 0. The molecule has 2 nitrogen and oxygen atoms in total. The highest BCUT2D eigenvalue weighted by Gasteiger charge is 2.19. The van der Waals surface area contributed by atoms with Crippen molar-refractivity contribution in [3.63, 3.8) is 0 Å². The van der Waals surface area contributed by atoms with Crippen molar-refractivity contribution in [3.05, 3.63) is 35.1 Å². The van der Waals surface area contributed by atoms with Gasteiger partial charge < -0.3 is 4.74 Å². The predicted octanol–water partition coefficient (Wildman–Crippen LogP) is 6.18. The number of halogens is 3. The number of hydrogen-bond donors (Lipinski definition) is 0. The molecule has 0 aromatic heterocycles. The molecular weight excluding hydrogens is 317 g/mol. The summed E-state index contributed by atoms with van der Waals surface area (Å²) in [6, 6.07) is 1.62. The fourth-order valence-corrected chi connectivity index (χ4v) is 2.52. The summed E-state index contributed by atoms with van der Waals surface area (Å²) in [4.78, 5) is 11.6. The number of carbonyl (C=O) groups is 1. The molecule has 0 aliphatic carbocycles. The fourth-order valence-electron chi connectivity index (χ4n) is 2.52. The molecule has 1 aromatic rings. The number of benzene rings is 1. The highest BCUT2D eigenvalue weighted by atomic mass is 19.2. The summed E-state index contributed by atoms with van der Waals surface area (Å²) in [7, 11) is 0. The van der Waals surface area contributed by atoms with Gasteiger partial charge in [-0.2, -0.15) is 0 Å². The van der Waals surface area contributed by atoms with Gasteiger partial charge in [-0.15, -0.1) is 0 Å². The van der Waals surface area contributed by atoms with Crippen LogP contribution >= 0.6 is 0 Å². The summed E-state index contributed by atoms with van der Waals surface area (Å²) in [5.74, 6) is -5.42. The Hall–Kier alpha value is -1.52. The molecule has 136 valence electrons. The van der Waals surface area contributed by atoms with E-state index in [4.69, 9.17) is 4.74 Å². The van der Waals surface area contributed by atoms with Gasteiger partial charge in [0.2, 0.25) is 0 Å². The Morgan fingerprint density at radius 1 is 0.833 bits per heavy atom. The summed E-state index contributed by atoms with van der Waals surface area (Å²) in [5.41, 5.74) is -0.569. The Morgan fingerprint density at radius 3 is 1.96 bits per heavy atom. The summed E-state index contributed by atoms with van der Waals surface area (Å²) < 4.78 is 44.2. The number of esters is 1. The van der Waals surface area contributed by atoms with Gasteiger partial charge >= 0.3 is 5.97 Å². The molecule has 0 fully saturated rings. The first-order chi connectivity index (χ1) is 11.6. The lowest BCUT2D eigenvalue weighted by atomic mass is 10.1. The molecular formula is C19H27F3O2. The molecule has 0 radical (unpaired) electrons. The second-order valence-corrected chi connectivity index (χ2v) is 6.04. The maximum atomic E-state index is 13.4. The minimum absolute atomic E-state index is 0.160. The second-order valence-electron chi connectivity index (χ2n) is 6.04. The number of rotatable bonds is 12. The minimum Gasteiger partial charge on any atom is -0.462 e. The molecule has 0 amide bonds. The largest absolute Gasteiger partial charge is 0.462 e. The third kappa shape index (κ3) is 7.37. The van der Waals surface area contributed by atoms with Crippen LogP contribution in [0.5, 0.6) is 0 Å². The Labute approximate surface area is 142 Å². The van der Waals surface area contributed by atoms with Crippen LogP contribution in [0.2, 0.25) is 0 Å². The first kappa shape index (κ1) is 20.5. The maximum absolute atomic E-state index is 13.4. The van der Waals surface area contributed by atoms with E-state index in [0.717, 1.165) is 31.4 Å². The van der Waals surface area contributed by atoms with Crippen molar-refractivity contribution in [2.75, 3.05) is 6.61 Å². The second kappa shape index (κ2) is 11.9. The van der Waals surface area contributed by atoms with Gasteiger partial charge in [-0.1, -0.05) is 64.7 Å². The Bertz CT molecular complexity index is 504. The normalized spacial score (nSPS) is 10.8. The van der Waals surface area contributed by atoms with E-state index in [9.17, 15) is 18.0 Å². The quantitative estimate of drug-likeness (QED) is 0.257. The number of carbonyl (C=O) groups excluding carboxylic acids is 1. The Balaban J connectivity index is 2.09. The van der Waals surface area contributed by atoms with Crippen molar-refractivity contribution >= 4 is 5.97 Å². The van der Waals surface area contributed by atoms with Crippen LogP contribution in [0.3, 0.4) is 0 Å². The fraction of sp³-hybridized carbons (Fsp3) is 0.632. The monoisotopic (exact) mass is 344 g/mol. The number of ether oxygens (including phenoxy) is 1. The number of unbranched alkanes of at least 4 members (excludes halogenated alkanes) is 9. The average Bonchev–Trinajstić information content (AvgIpc) is 2.57. The molecule has 0 N–H and O–H groups in total. The van der Waals surface area contributed by atoms with Gasteiger partial charge in [-0.25, -0.2) is 18.0 Å². The molecule has 0 aliphatic rings. The zero-order valence-corrected chi connectivity index (χ0v) is 14.4. The predicted molar refractivity (Wildman–Crippen MR) is 88.4 cm³/mol. The first-order valence-corrected chi connectivity index (χ1v) is 8.88. The molecule has 5 heteroatoms. The molecule has 0 heterocycles. The number of hydrogen-bond acceptors (Lipinski definition) is 2. The van der Waals surface area contributed by atoms with E-state index in [1.807, 2.05) is 0 Å². The van der Waals surface area contributed by atoms with Crippen molar-refractivity contribution in [2.24, 2.45) is 0 Å². The van der Waals surface area contributed by atoms with E-state index >= 15 is 0 Å². The van der Waals surface area contributed by atoms with Crippen LogP contribution in [0.15, 0.2) is 12.1 Å². The van der Waals surface area contributed by atoms with Crippen LogP contribution in [0.25, 0.3) is 0 Å². The summed E-state index contributed by atoms with van der Waals surface area (Å²) >= 11 is 0. The van der Waals surface area contributed by atoms with Crippen molar-refractivity contribution in [1.29, 1.82) is 0 Å². The third-order valence-corrected chi connectivity index (χ3v) is 3.99. The van der Waals surface area contributed by atoms with Crippen LogP contribution in [0, 0.1) is 17.5 Å². The standard InChI is InChI=1S/C19H27F3O2/c1-2-3-4-5-6-7-8-9-10-11-14-24-19(23)15-12-13-16(20)18(22)17(15)21/h12-13H,2-11,14H2,1H3. The topological polar surface area (TPSA) is 26.3 Å². The van der Waals surface area contributed by atoms with E-state index in [2.05, 4.69) is 6.92 Å². The van der Waals surface area contributed by atoms with E-state index in [0.29, 0.717) is 6.42 Å². The van der Waals surface area contributed by atoms with Gasteiger partial charge in [-0.05, 0) is 18.6 Å². The van der Waals surface area contributed by atoms with Gasteiger partial charge in [0.25, 0.3) is 0 Å². The van der Waals surface area contributed by atoms with Crippen LogP contribution in [0.1, 0.15) is 81.5 Å².